The molecule has 2 saturated heterocycles. The number of nitrogens with one attached hydrogen (secondary N) is 1. The van der Waals surface area contributed by atoms with Crippen LogP contribution in [0.4, 0.5) is 32.3 Å². The molecule has 0 aromatic carbocycles. The van der Waals surface area contributed by atoms with Crippen molar-refractivity contribution in [1.82, 2.24) is 25.1 Å². The lowest BCUT2D eigenvalue weighted by Crippen LogP contribution is -2.47. The van der Waals surface area contributed by atoms with E-state index in [1.54, 1.807) is 14.9 Å². The SMILES string of the molecule is O=C1[C@H](OCCOc2cn[nH]c(=O)c2C(F)(F)F)CCN1C1CCN(c2ncc(C(F)(F)F)cn2)CC1. The van der Waals surface area contributed by atoms with Crippen molar-refractivity contribution in [3.8, 4) is 5.75 Å². The van der Waals surface area contributed by atoms with E-state index < -0.39 is 40.9 Å². The Morgan fingerprint density at radius 1 is 0.919 bits per heavy atom. The van der Waals surface area contributed by atoms with Gasteiger partial charge in [-0.2, -0.15) is 31.4 Å². The Hall–Kier alpha value is -3.43. The summed E-state index contributed by atoms with van der Waals surface area (Å²) in [4.78, 5) is 35.3. The number of H-pyrrole nitrogens is 1. The van der Waals surface area contributed by atoms with Gasteiger partial charge in [0.05, 0.1) is 18.4 Å². The van der Waals surface area contributed by atoms with E-state index in [1.807, 2.05) is 0 Å². The number of anilines is 1. The first-order valence-corrected chi connectivity index (χ1v) is 11.3. The zero-order chi connectivity index (χ0) is 26.8. The molecule has 0 aliphatic carbocycles. The van der Waals surface area contributed by atoms with Gasteiger partial charge in [0.25, 0.3) is 11.5 Å². The first-order chi connectivity index (χ1) is 17.4. The monoisotopic (exact) mass is 536 g/mol. The van der Waals surface area contributed by atoms with Gasteiger partial charge in [-0.15, -0.1) is 0 Å². The second-order valence-electron chi connectivity index (χ2n) is 8.45. The summed E-state index contributed by atoms with van der Waals surface area (Å²) in [7, 11) is 0. The smallest absolute Gasteiger partial charge is 0.425 e. The van der Waals surface area contributed by atoms with E-state index in [-0.39, 0.29) is 31.1 Å². The standard InChI is InChI=1S/C21H22F6N6O4/c22-20(23,24)12-9-28-19(29-10-12)32-4-1-13(2-5-32)33-6-3-14(18(33)35)36-7-8-37-15-11-30-31-17(34)16(15)21(25,26)27/h9-11,13-14H,1-8H2,(H,31,34)/t14-/m1/s1. The van der Waals surface area contributed by atoms with Crippen LogP contribution in [-0.4, -0.2) is 76.0 Å². The minimum Gasteiger partial charge on any atom is -0.489 e. The Labute approximate surface area is 205 Å². The molecule has 202 valence electrons. The summed E-state index contributed by atoms with van der Waals surface area (Å²) in [6.45, 7) is 0.819. The fraction of sp³-hybridized carbons (Fsp3) is 0.571. The van der Waals surface area contributed by atoms with Gasteiger partial charge in [0.1, 0.15) is 12.7 Å². The minimum atomic E-state index is -4.93. The van der Waals surface area contributed by atoms with Crippen LogP contribution in [0.1, 0.15) is 30.4 Å². The Kier molecular flexibility index (Phi) is 7.57. The van der Waals surface area contributed by atoms with Crippen molar-refractivity contribution in [3.05, 3.63) is 40.1 Å². The van der Waals surface area contributed by atoms with Crippen molar-refractivity contribution < 1.29 is 40.6 Å². The summed E-state index contributed by atoms with van der Waals surface area (Å²) >= 11 is 0. The molecule has 2 aromatic heterocycles. The van der Waals surface area contributed by atoms with Crippen LogP contribution in [0.3, 0.4) is 0 Å². The Morgan fingerprint density at radius 2 is 1.59 bits per heavy atom. The van der Waals surface area contributed by atoms with Gasteiger partial charge in [-0.1, -0.05) is 0 Å². The molecule has 1 N–H and O–H groups in total. The minimum absolute atomic E-state index is 0.0977. The fourth-order valence-corrected chi connectivity index (χ4v) is 4.30. The first kappa shape index (κ1) is 26.6. The molecule has 4 heterocycles. The molecule has 2 fully saturated rings. The number of carbonyl (C=O) groups excluding carboxylic acids is 1. The van der Waals surface area contributed by atoms with E-state index in [1.165, 1.54) is 0 Å². The largest absolute Gasteiger partial charge is 0.489 e. The summed E-state index contributed by atoms with van der Waals surface area (Å²) in [5, 5.41) is 5.01. The number of aromatic amines is 1. The predicted octanol–water partition coefficient (Wildman–Crippen LogP) is 2.26. The summed E-state index contributed by atoms with van der Waals surface area (Å²) < 4.78 is 87.8. The van der Waals surface area contributed by atoms with Crippen LogP contribution in [0.5, 0.6) is 5.75 Å². The highest BCUT2D eigenvalue weighted by atomic mass is 19.4. The van der Waals surface area contributed by atoms with Gasteiger partial charge in [-0.25, -0.2) is 15.1 Å². The molecule has 2 aliphatic heterocycles. The number of halogens is 6. The number of ether oxygens (including phenoxy) is 2. The van der Waals surface area contributed by atoms with Crippen molar-refractivity contribution in [2.45, 2.75) is 43.8 Å². The summed E-state index contributed by atoms with van der Waals surface area (Å²) in [6, 6.07) is -0.0977. The number of amides is 1. The number of carbonyl (C=O) groups is 1. The summed E-state index contributed by atoms with van der Waals surface area (Å²) in [5.74, 6) is -0.800. The molecule has 0 unspecified atom stereocenters. The van der Waals surface area contributed by atoms with Crippen LogP contribution in [0.15, 0.2) is 23.4 Å². The van der Waals surface area contributed by atoms with Crippen LogP contribution in [0.2, 0.25) is 0 Å². The van der Waals surface area contributed by atoms with E-state index in [2.05, 4.69) is 15.1 Å². The lowest BCUT2D eigenvalue weighted by atomic mass is 10.0. The fourth-order valence-electron chi connectivity index (χ4n) is 4.30. The number of rotatable bonds is 7. The molecular formula is C21H22F6N6O4. The lowest BCUT2D eigenvalue weighted by Gasteiger charge is -2.36. The van der Waals surface area contributed by atoms with Gasteiger partial charge in [-0.05, 0) is 12.8 Å². The summed E-state index contributed by atoms with van der Waals surface area (Å²) in [6.07, 6.45) is -6.50. The topological polar surface area (TPSA) is 114 Å². The van der Waals surface area contributed by atoms with Crippen molar-refractivity contribution in [1.29, 1.82) is 0 Å². The quantitative estimate of drug-likeness (QED) is 0.424. The maximum Gasteiger partial charge on any atom is 0.425 e. The van der Waals surface area contributed by atoms with E-state index in [0.717, 1.165) is 18.6 Å². The van der Waals surface area contributed by atoms with Gasteiger partial charge in [0.15, 0.2) is 11.3 Å². The van der Waals surface area contributed by atoms with E-state index in [0.29, 0.717) is 38.9 Å². The van der Waals surface area contributed by atoms with E-state index in [4.69, 9.17) is 9.47 Å². The molecule has 2 aromatic rings. The van der Waals surface area contributed by atoms with Crippen LogP contribution >= 0.6 is 0 Å². The Morgan fingerprint density at radius 3 is 2.22 bits per heavy atom. The zero-order valence-electron chi connectivity index (χ0n) is 19.2. The highest BCUT2D eigenvalue weighted by Gasteiger charge is 2.40. The van der Waals surface area contributed by atoms with E-state index in [9.17, 15) is 35.9 Å². The molecule has 1 amide bonds. The number of piperidine rings is 1. The maximum absolute atomic E-state index is 13.1. The van der Waals surface area contributed by atoms with Gasteiger partial charge in [0, 0.05) is 44.5 Å². The van der Waals surface area contributed by atoms with Crippen molar-refractivity contribution in [3.63, 3.8) is 0 Å². The molecule has 2 aliphatic rings. The molecule has 0 bridgehead atoms. The van der Waals surface area contributed by atoms with Crippen molar-refractivity contribution >= 4 is 11.9 Å². The lowest BCUT2D eigenvalue weighted by molar-refractivity contribution is -0.141. The third-order valence-electron chi connectivity index (χ3n) is 6.11. The molecular weight excluding hydrogens is 514 g/mol. The van der Waals surface area contributed by atoms with E-state index >= 15 is 0 Å². The Bertz CT molecular complexity index is 1150. The highest BCUT2D eigenvalue weighted by molar-refractivity contribution is 5.83. The Balaban J connectivity index is 1.24. The second kappa shape index (κ2) is 10.5. The first-order valence-electron chi connectivity index (χ1n) is 11.3. The molecule has 0 saturated carbocycles. The average molecular weight is 536 g/mol. The van der Waals surface area contributed by atoms with Crippen molar-refractivity contribution in [2.75, 3.05) is 37.7 Å². The van der Waals surface area contributed by atoms with Crippen LogP contribution in [0.25, 0.3) is 0 Å². The molecule has 10 nitrogen and oxygen atoms in total. The van der Waals surface area contributed by atoms with Gasteiger partial charge in [0.2, 0.25) is 5.95 Å². The number of nitrogens with zero attached hydrogens (tertiary/aromatic N) is 5. The highest BCUT2D eigenvalue weighted by Crippen LogP contribution is 2.33. The number of aromatic nitrogens is 4. The third-order valence-corrected chi connectivity index (χ3v) is 6.11. The van der Waals surface area contributed by atoms with Crippen molar-refractivity contribution in [2.24, 2.45) is 0 Å². The molecule has 37 heavy (non-hydrogen) atoms. The summed E-state index contributed by atoms with van der Waals surface area (Å²) in [5.41, 5.74) is -3.86. The van der Waals surface area contributed by atoms with Gasteiger partial charge < -0.3 is 19.3 Å². The second-order valence-corrected chi connectivity index (χ2v) is 8.45. The van der Waals surface area contributed by atoms with Crippen LogP contribution < -0.4 is 15.2 Å². The normalized spacial score (nSPS) is 19.5. The molecule has 0 radical (unpaired) electrons. The van der Waals surface area contributed by atoms with Crippen LogP contribution in [0, 0.1) is 0 Å². The average Bonchev–Trinajstić information content (AvgIpc) is 3.21. The molecule has 1 atom stereocenters. The maximum atomic E-state index is 13.1. The number of hydrogen-bond donors (Lipinski definition) is 1. The molecule has 4 rings (SSSR count). The zero-order valence-corrected chi connectivity index (χ0v) is 19.2. The number of likely N-dealkylation sites (tertiary alicyclic amines) is 1. The number of hydrogen-bond acceptors (Lipinski definition) is 8. The molecule has 16 heteroatoms. The van der Waals surface area contributed by atoms with Gasteiger partial charge in [-0.3, -0.25) is 9.59 Å². The molecule has 0 spiro atoms. The van der Waals surface area contributed by atoms with Crippen LogP contribution in [-0.2, 0) is 21.9 Å². The third kappa shape index (κ3) is 6.11. The number of alkyl halides is 6. The van der Waals surface area contributed by atoms with Gasteiger partial charge >= 0.3 is 12.4 Å². The predicted molar refractivity (Wildman–Crippen MR) is 114 cm³/mol.